The molecule has 0 radical (unpaired) electrons. The second kappa shape index (κ2) is 5.79. The van der Waals surface area contributed by atoms with Crippen molar-refractivity contribution in [3.63, 3.8) is 0 Å². The van der Waals surface area contributed by atoms with E-state index in [2.05, 4.69) is 19.2 Å². The predicted octanol–water partition coefficient (Wildman–Crippen LogP) is 3.85. The van der Waals surface area contributed by atoms with Crippen molar-refractivity contribution >= 4 is 0 Å². The van der Waals surface area contributed by atoms with Gasteiger partial charge in [-0.1, -0.05) is 20.3 Å². The molecule has 0 bridgehead atoms. The molecule has 0 saturated heterocycles. The van der Waals surface area contributed by atoms with Gasteiger partial charge in [-0.25, -0.2) is 8.78 Å². The average molecular weight is 253 g/mol. The minimum absolute atomic E-state index is 0.159. The number of halogens is 2. The van der Waals surface area contributed by atoms with Gasteiger partial charge < -0.3 is 5.32 Å². The molecule has 1 aromatic carbocycles. The number of rotatable bonds is 4. The number of nitrogens with one attached hydrogen (secondary N) is 1. The van der Waals surface area contributed by atoms with E-state index >= 15 is 0 Å². The first-order valence-electron chi connectivity index (χ1n) is 6.76. The van der Waals surface area contributed by atoms with Crippen molar-refractivity contribution in [1.82, 2.24) is 5.32 Å². The summed E-state index contributed by atoms with van der Waals surface area (Å²) >= 11 is 0. The van der Waals surface area contributed by atoms with Crippen LogP contribution < -0.4 is 5.32 Å². The average Bonchev–Trinajstić information content (AvgIpc) is 2.77. The highest BCUT2D eigenvalue weighted by Crippen LogP contribution is 2.40. The lowest BCUT2D eigenvalue weighted by Crippen LogP contribution is -2.30. The van der Waals surface area contributed by atoms with Crippen LogP contribution >= 0.6 is 0 Å². The topological polar surface area (TPSA) is 12.0 Å². The summed E-state index contributed by atoms with van der Waals surface area (Å²) in [6, 6.07) is 4.24. The lowest BCUT2D eigenvalue weighted by atomic mass is 9.88. The molecule has 0 heterocycles. The predicted molar refractivity (Wildman–Crippen MR) is 69.6 cm³/mol. The van der Waals surface area contributed by atoms with Crippen LogP contribution in [-0.2, 0) is 0 Å². The summed E-state index contributed by atoms with van der Waals surface area (Å²) in [5.41, 5.74) is 0.558. The molecule has 0 spiro atoms. The Morgan fingerprint density at radius 1 is 1.28 bits per heavy atom. The number of hydrogen-bond acceptors (Lipinski definition) is 1. The zero-order valence-corrected chi connectivity index (χ0v) is 11.0. The van der Waals surface area contributed by atoms with E-state index < -0.39 is 0 Å². The summed E-state index contributed by atoms with van der Waals surface area (Å²) in [5.74, 6) is -0.0256. The molecule has 2 atom stereocenters. The van der Waals surface area contributed by atoms with Gasteiger partial charge in [0.15, 0.2) is 0 Å². The highest BCUT2D eigenvalue weighted by molar-refractivity contribution is 5.24. The van der Waals surface area contributed by atoms with Gasteiger partial charge in [-0.15, -0.1) is 0 Å². The summed E-state index contributed by atoms with van der Waals surface area (Å²) in [6.07, 6.45) is 3.16. The smallest absolute Gasteiger partial charge is 0.126 e. The molecule has 100 valence electrons. The minimum Gasteiger partial charge on any atom is -0.314 e. The Labute approximate surface area is 108 Å². The third-order valence-electron chi connectivity index (χ3n) is 3.80. The Morgan fingerprint density at radius 3 is 2.78 bits per heavy atom. The number of benzene rings is 1. The van der Waals surface area contributed by atoms with Crippen LogP contribution in [0.1, 0.15) is 44.6 Å². The Balaban J connectivity index is 2.13. The fourth-order valence-electron chi connectivity index (χ4n) is 2.88. The van der Waals surface area contributed by atoms with Crippen LogP contribution in [0.25, 0.3) is 0 Å². The van der Waals surface area contributed by atoms with Crippen molar-refractivity contribution in [1.29, 1.82) is 0 Å². The van der Waals surface area contributed by atoms with Gasteiger partial charge in [-0.3, -0.25) is 0 Å². The van der Waals surface area contributed by atoms with Crippen LogP contribution in [0.5, 0.6) is 0 Å². The molecule has 1 aliphatic rings. The third-order valence-corrected chi connectivity index (χ3v) is 3.80. The van der Waals surface area contributed by atoms with Crippen LogP contribution in [0.4, 0.5) is 8.78 Å². The summed E-state index contributed by atoms with van der Waals surface area (Å²) in [5, 5.41) is 3.41. The van der Waals surface area contributed by atoms with Crippen molar-refractivity contribution in [3.8, 4) is 0 Å². The van der Waals surface area contributed by atoms with Crippen LogP contribution in [0, 0.1) is 17.6 Å². The highest BCUT2D eigenvalue weighted by Gasteiger charge is 2.30. The zero-order valence-electron chi connectivity index (χ0n) is 11.0. The van der Waals surface area contributed by atoms with Crippen molar-refractivity contribution in [3.05, 3.63) is 35.4 Å². The molecule has 0 amide bonds. The van der Waals surface area contributed by atoms with E-state index in [1.54, 1.807) is 0 Å². The van der Waals surface area contributed by atoms with Gasteiger partial charge in [0.1, 0.15) is 11.6 Å². The van der Waals surface area contributed by atoms with Crippen LogP contribution in [0.15, 0.2) is 18.2 Å². The SMILES string of the molecule is CC(C)NCC1CCCC1c1cc(F)ccc1F. The maximum Gasteiger partial charge on any atom is 0.126 e. The summed E-state index contributed by atoms with van der Waals surface area (Å²) in [6.45, 7) is 5.09. The van der Waals surface area contributed by atoms with Gasteiger partial charge in [0, 0.05) is 6.04 Å². The van der Waals surface area contributed by atoms with Crippen molar-refractivity contribution in [2.24, 2.45) is 5.92 Å². The Hall–Kier alpha value is -0.960. The fourth-order valence-corrected chi connectivity index (χ4v) is 2.88. The van der Waals surface area contributed by atoms with E-state index in [1.165, 1.54) is 18.2 Å². The maximum absolute atomic E-state index is 13.8. The van der Waals surface area contributed by atoms with Gasteiger partial charge in [0.25, 0.3) is 0 Å². The van der Waals surface area contributed by atoms with Crippen molar-refractivity contribution in [2.75, 3.05) is 6.54 Å². The largest absolute Gasteiger partial charge is 0.314 e. The van der Waals surface area contributed by atoms with E-state index in [-0.39, 0.29) is 17.6 Å². The van der Waals surface area contributed by atoms with E-state index in [9.17, 15) is 8.78 Å². The molecule has 1 fully saturated rings. The summed E-state index contributed by atoms with van der Waals surface area (Å²) in [7, 11) is 0. The Kier molecular flexibility index (Phi) is 4.33. The molecule has 1 nitrogen and oxygen atoms in total. The minimum atomic E-state index is -0.339. The third kappa shape index (κ3) is 3.08. The van der Waals surface area contributed by atoms with Crippen LogP contribution in [0.2, 0.25) is 0 Å². The summed E-state index contributed by atoms with van der Waals surface area (Å²) in [4.78, 5) is 0. The molecular formula is C15H21F2N. The van der Waals surface area contributed by atoms with Gasteiger partial charge in [0.05, 0.1) is 0 Å². The molecule has 1 aliphatic carbocycles. The highest BCUT2D eigenvalue weighted by atomic mass is 19.1. The molecular weight excluding hydrogens is 232 g/mol. The van der Waals surface area contributed by atoms with E-state index in [0.29, 0.717) is 17.5 Å². The summed E-state index contributed by atoms with van der Waals surface area (Å²) < 4.78 is 27.1. The first-order valence-corrected chi connectivity index (χ1v) is 6.76. The van der Waals surface area contributed by atoms with Crippen LogP contribution in [0.3, 0.4) is 0 Å². The van der Waals surface area contributed by atoms with Gasteiger partial charge in [-0.05, 0) is 55.0 Å². The molecule has 2 rings (SSSR count). The first-order chi connectivity index (χ1) is 8.58. The maximum atomic E-state index is 13.8. The van der Waals surface area contributed by atoms with E-state index in [4.69, 9.17) is 0 Å². The second-order valence-corrected chi connectivity index (χ2v) is 5.53. The lowest BCUT2D eigenvalue weighted by Gasteiger charge is -2.22. The lowest BCUT2D eigenvalue weighted by molar-refractivity contribution is 0.412. The van der Waals surface area contributed by atoms with Crippen molar-refractivity contribution in [2.45, 2.75) is 45.1 Å². The molecule has 0 aromatic heterocycles. The molecule has 1 N–H and O–H groups in total. The van der Waals surface area contributed by atoms with Gasteiger partial charge in [-0.2, -0.15) is 0 Å². The zero-order chi connectivity index (χ0) is 13.1. The fraction of sp³-hybridized carbons (Fsp3) is 0.600. The molecule has 1 saturated carbocycles. The monoisotopic (exact) mass is 253 g/mol. The van der Waals surface area contributed by atoms with Gasteiger partial charge in [0.2, 0.25) is 0 Å². The molecule has 1 aromatic rings. The van der Waals surface area contributed by atoms with Crippen molar-refractivity contribution < 1.29 is 8.78 Å². The first kappa shape index (κ1) is 13.5. The normalized spacial score (nSPS) is 23.8. The standard InChI is InChI=1S/C15H21F2N/c1-10(2)18-9-11-4-3-5-13(11)14-8-12(16)6-7-15(14)17/h6-8,10-11,13,18H,3-5,9H2,1-2H3. The quantitative estimate of drug-likeness (QED) is 0.859. The Bertz CT molecular complexity index is 403. The Morgan fingerprint density at radius 2 is 2.06 bits per heavy atom. The van der Waals surface area contributed by atoms with E-state index in [0.717, 1.165) is 25.8 Å². The van der Waals surface area contributed by atoms with Gasteiger partial charge >= 0.3 is 0 Å². The van der Waals surface area contributed by atoms with E-state index in [1.807, 2.05) is 0 Å². The molecule has 2 unspecified atom stereocenters. The second-order valence-electron chi connectivity index (χ2n) is 5.53. The number of hydrogen-bond donors (Lipinski definition) is 1. The molecule has 3 heteroatoms. The molecule has 18 heavy (non-hydrogen) atoms. The van der Waals surface area contributed by atoms with Crippen LogP contribution in [-0.4, -0.2) is 12.6 Å². The molecule has 0 aliphatic heterocycles.